The van der Waals surface area contributed by atoms with Gasteiger partial charge in [-0.15, -0.1) is 0 Å². The Hall–Kier alpha value is -1.25. The van der Waals surface area contributed by atoms with Crippen LogP contribution >= 0.6 is 0 Å². The molecule has 0 saturated heterocycles. The summed E-state index contributed by atoms with van der Waals surface area (Å²) >= 11 is 0. The highest BCUT2D eigenvalue weighted by molar-refractivity contribution is 6.25. The van der Waals surface area contributed by atoms with Crippen molar-refractivity contribution in [3.63, 3.8) is 0 Å². The second-order valence-electron chi connectivity index (χ2n) is 2.47. The largest absolute Gasteiger partial charge is 0.377 e. The summed E-state index contributed by atoms with van der Waals surface area (Å²) in [6, 6.07) is 0. The first-order valence-corrected chi connectivity index (χ1v) is 3.59. The standard InChI is InChI=1S/C8H12N2O2/c1-7(2)6-12-4-3-8(11)5-10-9/h5H,1,3-4,6H2,2H3. The normalized spacial score (nSPS) is 8.75. The van der Waals surface area contributed by atoms with Crippen molar-refractivity contribution in [1.82, 2.24) is 0 Å². The van der Waals surface area contributed by atoms with Gasteiger partial charge in [0.1, 0.15) is 0 Å². The fraction of sp³-hybridized carbons (Fsp3) is 0.500. The van der Waals surface area contributed by atoms with Crippen LogP contribution in [0.4, 0.5) is 0 Å². The average Bonchev–Trinajstić information content (AvgIpc) is 1.98. The SMILES string of the molecule is C=C(C)COCCC(=O)C=[N+]=[N-]. The fourth-order valence-electron chi connectivity index (χ4n) is 0.548. The van der Waals surface area contributed by atoms with Crippen LogP contribution in [-0.4, -0.2) is 30.0 Å². The molecule has 0 atom stereocenters. The molecule has 0 unspecified atom stereocenters. The van der Waals surface area contributed by atoms with Gasteiger partial charge in [0.2, 0.25) is 5.78 Å². The summed E-state index contributed by atoms with van der Waals surface area (Å²) < 4.78 is 5.05. The van der Waals surface area contributed by atoms with E-state index in [9.17, 15) is 4.79 Å². The van der Waals surface area contributed by atoms with E-state index in [0.717, 1.165) is 11.8 Å². The van der Waals surface area contributed by atoms with Gasteiger partial charge in [0, 0.05) is 6.42 Å². The molecule has 4 heteroatoms. The van der Waals surface area contributed by atoms with Gasteiger partial charge in [-0.05, 0) is 6.92 Å². The maximum absolute atomic E-state index is 10.7. The van der Waals surface area contributed by atoms with E-state index >= 15 is 0 Å². The van der Waals surface area contributed by atoms with Gasteiger partial charge in [-0.2, -0.15) is 4.79 Å². The number of ketones is 1. The van der Waals surface area contributed by atoms with Gasteiger partial charge in [0.05, 0.1) is 13.2 Å². The third kappa shape index (κ3) is 6.86. The topological polar surface area (TPSA) is 62.7 Å². The number of hydrogen-bond donors (Lipinski definition) is 0. The van der Waals surface area contributed by atoms with Gasteiger partial charge >= 0.3 is 6.21 Å². The summed E-state index contributed by atoms with van der Waals surface area (Å²) in [5.74, 6) is -0.251. The minimum atomic E-state index is -0.251. The Bertz CT molecular complexity index is 217. The second kappa shape index (κ2) is 6.46. The van der Waals surface area contributed by atoms with Crippen LogP contribution in [0, 0.1) is 0 Å². The van der Waals surface area contributed by atoms with Crippen LogP contribution in [0.15, 0.2) is 12.2 Å². The highest BCUT2D eigenvalue weighted by atomic mass is 16.5. The summed E-state index contributed by atoms with van der Waals surface area (Å²) in [5.41, 5.74) is 8.89. The van der Waals surface area contributed by atoms with E-state index in [1.165, 1.54) is 0 Å². The van der Waals surface area contributed by atoms with Crippen LogP contribution in [0.5, 0.6) is 0 Å². The van der Waals surface area contributed by atoms with Crippen molar-refractivity contribution in [3.05, 3.63) is 17.7 Å². The third-order valence-corrected chi connectivity index (χ3v) is 1.04. The molecule has 0 heterocycles. The lowest BCUT2D eigenvalue weighted by Crippen LogP contribution is -2.06. The van der Waals surface area contributed by atoms with Crippen LogP contribution in [-0.2, 0) is 9.53 Å². The van der Waals surface area contributed by atoms with E-state index in [1.807, 2.05) is 6.92 Å². The molecular weight excluding hydrogens is 156 g/mol. The Kier molecular flexibility index (Phi) is 5.79. The molecule has 66 valence electrons. The van der Waals surface area contributed by atoms with Crippen molar-refractivity contribution in [1.29, 1.82) is 0 Å². The highest BCUT2D eigenvalue weighted by Gasteiger charge is 2.01. The number of carbonyl (C=O) groups excluding carboxylic acids is 1. The molecule has 0 aliphatic rings. The molecule has 0 aliphatic heterocycles. The Balaban J connectivity index is 3.37. The zero-order chi connectivity index (χ0) is 9.40. The minimum absolute atomic E-state index is 0.233. The molecule has 0 amide bonds. The van der Waals surface area contributed by atoms with Crippen molar-refractivity contribution < 1.29 is 14.3 Å². The van der Waals surface area contributed by atoms with E-state index < -0.39 is 0 Å². The molecule has 0 aromatic carbocycles. The molecule has 0 fully saturated rings. The van der Waals surface area contributed by atoms with Crippen LogP contribution < -0.4 is 0 Å². The molecule has 0 aliphatic carbocycles. The first kappa shape index (κ1) is 10.8. The monoisotopic (exact) mass is 168 g/mol. The van der Waals surface area contributed by atoms with Gasteiger partial charge in [-0.1, -0.05) is 12.2 Å². The van der Waals surface area contributed by atoms with Crippen molar-refractivity contribution in [2.75, 3.05) is 13.2 Å². The Labute approximate surface area is 71.5 Å². The van der Waals surface area contributed by atoms with Crippen molar-refractivity contribution in [2.45, 2.75) is 13.3 Å². The van der Waals surface area contributed by atoms with Gasteiger partial charge in [-0.3, -0.25) is 4.79 Å². The maximum Gasteiger partial charge on any atom is 0.323 e. The number of Topliss-reactive ketones (excluding diaryl/α,β-unsaturated/α-hetero) is 1. The average molecular weight is 168 g/mol. The Morgan fingerprint density at radius 2 is 2.42 bits per heavy atom. The molecule has 4 nitrogen and oxygen atoms in total. The lowest BCUT2D eigenvalue weighted by atomic mass is 10.3. The van der Waals surface area contributed by atoms with Crippen molar-refractivity contribution >= 4 is 12.0 Å². The predicted molar refractivity (Wildman–Crippen MR) is 44.9 cm³/mol. The van der Waals surface area contributed by atoms with Gasteiger partial charge in [0.25, 0.3) is 0 Å². The van der Waals surface area contributed by atoms with Crippen LogP contribution in [0.1, 0.15) is 13.3 Å². The first-order valence-electron chi connectivity index (χ1n) is 3.59. The number of nitrogens with zero attached hydrogens (tertiary/aromatic N) is 2. The van der Waals surface area contributed by atoms with Crippen molar-refractivity contribution in [2.24, 2.45) is 0 Å². The molecule has 0 radical (unpaired) electrons. The summed E-state index contributed by atoms with van der Waals surface area (Å²) in [6.07, 6.45) is 1.10. The molecule has 0 aromatic rings. The van der Waals surface area contributed by atoms with E-state index in [-0.39, 0.29) is 12.2 Å². The molecule has 12 heavy (non-hydrogen) atoms. The van der Waals surface area contributed by atoms with E-state index in [0.29, 0.717) is 13.2 Å². The fourth-order valence-corrected chi connectivity index (χ4v) is 0.548. The van der Waals surface area contributed by atoms with Gasteiger partial charge in [-0.25, -0.2) is 0 Å². The van der Waals surface area contributed by atoms with E-state index in [1.54, 1.807) is 0 Å². The smallest absolute Gasteiger partial charge is 0.323 e. The summed E-state index contributed by atoms with van der Waals surface area (Å²) in [7, 11) is 0. The quantitative estimate of drug-likeness (QED) is 0.194. The van der Waals surface area contributed by atoms with Crippen molar-refractivity contribution in [3.8, 4) is 0 Å². The summed E-state index contributed by atoms with van der Waals surface area (Å²) in [4.78, 5) is 13.3. The molecule has 0 bridgehead atoms. The number of hydrogen-bond acceptors (Lipinski definition) is 2. The summed E-state index contributed by atoms with van der Waals surface area (Å²) in [5, 5.41) is 0. The molecule has 0 N–H and O–H groups in total. The lowest BCUT2D eigenvalue weighted by molar-refractivity contribution is -0.117. The first-order chi connectivity index (χ1) is 5.66. The molecular formula is C8H12N2O2. The van der Waals surface area contributed by atoms with Gasteiger partial charge in [0.15, 0.2) is 0 Å². The Morgan fingerprint density at radius 3 is 2.92 bits per heavy atom. The van der Waals surface area contributed by atoms with E-state index in [4.69, 9.17) is 10.3 Å². The Morgan fingerprint density at radius 1 is 1.75 bits per heavy atom. The van der Waals surface area contributed by atoms with Crippen LogP contribution in [0.25, 0.3) is 5.53 Å². The molecule has 0 aromatic heterocycles. The predicted octanol–water partition coefficient (Wildman–Crippen LogP) is 0.839. The highest BCUT2D eigenvalue weighted by Crippen LogP contribution is 1.89. The van der Waals surface area contributed by atoms with Crippen LogP contribution in [0.3, 0.4) is 0 Å². The van der Waals surface area contributed by atoms with E-state index in [2.05, 4.69) is 11.4 Å². The van der Waals surface area contributed by atoms with Crippen LogP contribution in [0.2, 0.25) is 0 Å². The maximum atomic E-state index is 10.7. The minimum Gasteiger partial charge on any atom is -0.377 e. The zero-order valence-electron chi connectivity index (χ0n) is 7.12. The summed E-state index contributed by atoms with van der Waals surface area (Å²) in [6.45, 7) is 6.27. The second-order valence-corrected chi connectivity index (χ2v) is 2.47. The lowest BCUT2D eigenvalue weighted by Gasteiger charge is -1.99. The molecule has 0 spiro atoms. The number of rotatable bonds is 6. The van der Waals surface area contributed by atoms with Gasteiger partial charge < -0.3 is 10.3 Å². The molecule has 0 saturated carbocycles. The number of ether oxygens (including phenoxy) is 1. The third-order valence-electron chi connectivity index (χ3n) is 1.04. The number of carbonyl (C=O) groups is 1. The zero-order valence-corrected chi connectivity index (χ0v) is 7.12. The molecule has 0 rings (SSSR count).